The average molecular weight is 517 g/mol. The molecule has 0 aliphatic carbocycles. The molecule has 3 heterocycles. The Morgan fingerprint density at radius 1 is 1.20 bits per heavy atom. The van der Waals surface area contributed by atoms with Crippen molar-refractivity contribution in [3.05, 3.63) is 31.9 Å². The molecule has 1 aromatic rings. The highest BCUT2D eigenvalue weighted by atomic mass is 32.2. The van der Waals surface area contributed by atoms with Crippen molar-refractivity contribution < 1.29 is 9.53 Å². The van der Waals surface area contributed by atoms with E-state index in [0.717, 1.165) is 43.5 Å². The number of thiocarbonyl (C=S) groups is 1. The van der Waals surface area contributed by atoms with E-state index in [0.29, 0.717) is 60.1 Å². The summed E-state index contributed by atoms with van der Waals surface area (Å²) in [5, 5.41) is 9.79. The molecular formula is C26H36N4O3S2. The second kappa shape index (κ2) is 12.7. The van der Waals surface area contributed by atoms with Gasteiger partial charge in [-0.3, -0.25) is 19.1 Å². The lowest BCUT2D eigenvalue weighted by Crippen LogP contribution is -2.41. The van der Waals surface area contributed by atoms with E-state index in [1.165, 1.54) is 11.8 Å². The third-order valence-corrected chi connectivity index (χ3v) is 8.12. The summed E-state index contributed by atoms with van der Waals surface area (Å²) in [6.07, 6.45) is 6.96. The minimum atomic E-state index is -0.278. The lowest BCUT2D eigenvalue weighted by atomic mass is 9.99. The highest BCUT2D eigenvalue weighted by molar-refractivity contribution is 8.26. The lowest BCUT2D eigenvalue weighted by molar-refractivity contribution is -0.122. The molecule has 2 aliphatic rings. The number of morpholine rings is 1. The van der Waals surface area contributed by atoms with Crippen molar-refractivity contribution in [1.82, 2.24) is 9.47 Å². The summed E-state index contributed by atoms with van der Waals surface area (Å²) in [4.78, 5) is 31.1. The maximum Gasteiger partial charge on any atom is 0.270 e. The molecule has 2 saturated heterocycles. The monoisotopic (exact) mass is 516 g/mol. The average Bonchev–Trinajstić information content (AvgIpc) is 3.12. The lowest BCUT2D eigenvalue weighted by Gasteiger charge is -2.33. The van der Waals surface area contributed by atoms with Gasteiger partial charge in [-0.2, -0.15) is 5.26 Å². The Hall–Kier alpha value is -2.15. The van der Waals surface area contributed by atoms with E-state index >= 15 is 0 Å². The number of anilines is 1. The van der Waals surface area contributed by atoms with E-state index in [-0.39, 0.29) is 17.0 Å². The van der Waals surface area contributed by atoms with Gasteiger partial charge in [0.05, 0.1) is 18.1 Å². The minimum Gasteiger partial charge on any atom is -0.378 e. The van der Waals surface area contributed by atoms with E-state index in [4.69, 9.17) is 17.0 Å². The summed E-state index contributed by atoms with van der Waals surface area (Å²) < 4.78 is 7.81. The molecule has 1 unspecified atom stereocenters. The van der Waals surface area contributed by atoms with E-state index in [2.05, 4.69) is 24.8 Å². The van der Waals surface area contributed by atoms with Crippen LogP contribution in [-0.4, -0.2) is 52.5 Å². The Labute approximate surface area is 218 Å². The van der Waals surface area contributed by atoms with Crippen LogP contribution in [0.4, 0.5) is 5.82 Å². The molecule has 0 aromatic carbocycles. The molecule has 0 bridgehead atoms. The summed E-state index contributed by atoms with van der Waals surface area (Å²) in [5.74, 6) is 1.09. The first-order valence-corrected chi connectivity index (χ1v) is 13.9. The molecule has 2 aliphatic heterocycles. The summed E-state index contributed by atoms with van der Waals surface area (Å²) in [5.41, 5.74) is 1.20. The Morgan fingerprint density at radius 3 is 2.51 bits per heavy atom. The molecular weight excluding hydrogens is 480 g/mol. The van der Waals surface area contributed by atoms with Crippen molar-refractivity contribution in [2.75, 3.05) is 37.7 Å². The fourth-order valence-electron chi connectivity index (χ4n) is 4.66. The third kappa shape index (κ3) is 5.99. The van der Waals surface area contributed by atoms with Crippen molar-refractivity contribution in [2.45, 2.75) is 66.3 Å². The zero-order chi connectivity index (χ0) is 25.5. The molecule has 0 radical (unpaired) electrons. The first-order chi connectivity index (χ1) is 16.9. The van der Waals surface area contributed by atoms with Crippen LogP contribution in [0.2, 0.25) is 0 Å². The van der Waals surface area contributed by atoms with Gasteiger partial charge in [0, 0.05) is 31.7 Å². The molecule has 190 valence electrons. The van der Waals surface area contributed by atoms with Crippen molar-refractivity contribution >= 4 is 46.1 Å². The highest BCUT2D eigenvalue weighted by Crippen LogP contribution is 2.37. The van der Waals surface area contributed by atoms with Gasteiger partial charge in [0.15, 0.2) is 0 Å². The molecule has 0 N–H and O–H groups in total. The zero-order valence-corrected chi connectivity index (χ0v) is 22.9. The first-order valence-electron chi connectivity index (χ1n) is 12.6. The van der Waals surface area contributed by atoms with Crippen molar-refractivity contribution in [1.29, 1.82) is 5.26 Å². The summed E-state index contributed by atoms with van der Waals surface area (Å²) in [7, 11) is 0. The summed E-state index contributed by atoms with van der Waals surface area (Å²) in [6, 6.07) is 2.11. The minimum absolute atomic E-state index is 0.0889. The summed E-state index contributed by atoms with van der Waals surface area (Å²) in [6.45, 7) is 11.7. The van der Waals surface area contributed by atoms with Crippen LogP contribution in [-0.2, 0) is 16.1 Å². The van der Waals surface area contributed by atoms with Gasteiger partial charge in [-0.15, -0.1) is 0 Å². The number of rotatable bonds is 10. The second-order valence-electron chi connectivity index (χ2n) is 9.11. The van der Waals surface area contributed by atoms with Crippen LogP contribution in [0, 0.1) is 24.2 Å². The maximum atomic E-state index is 13.5. The SMILES string of the molecule is CCCCC(CC)CN1C(=O)/C(=C\c2c(C)c(C#N)c(=O)n(CCC)c2N2CCOCC2)SC1=S. The van der Waals surface area contributed by atoms with Crippen LogP contribution in [0.3, 0.4) is 0 Å². The number of hydrogen-bond donors (Lipinski definition) is 0. The predicted octanol–water partition coefficient (Wildman–Crippen LogP) is 4.69. The number of hydrogen-bond acceptors (Lipinski definition) is 7. The molecule has 7 nitrogen and oxygen atoms in total. The van der Waals surface area contributed by atoms with Crippen LogP contribution in [0.5, 0.6) is 0 Å². The smallest absolute Gasteiger partial charge is 0.270 e. The molecule has 1 atom stereocenters. The van der Waals surface area contributed by atoms with E-state index in [1.54, 1.807) is 16.4 Å². The second-order valence-corrected chi connectivity index (χ2v) is 10.8. The molecule has 1 amide bonds. The fraction of sp³-hybridized carbons (Fsp3) is 0.615. The van der Waals surface area contributed by atoms with Gasteiger partial charge in [-0.05, 0) is 37.3 Å². The Bertz CT molecular complexity index is 1080. The number of nitriles is 1. The van der Waals surface area contributed by atoms with Crippen LogP contribution in [0.15, 0.2) is 9.70 Å². The number of pyridine rings is 1. The standard InChI is InChI=1S/C26H36N4O3S2/c1-5-8-9-19(7-3)17-30-25(32)22(35-26(30)34)15-20-18(4)21(16-27)24(31)29(10-6-2)23(20)28-11-13-33-14-12-28/h15,19H,5-14,17H2,1-4H3/b22-15+. The van der Waals surface area contributed by atoms with Gasteiger partial charge in [-0.25, -0.2) is 0 Å². The van der Waals surface area contributed by atoms with Crippen molar-refractivity contribution in [3.8, 4) is 6.07 Å². The number of nitrogens with zero attached hydrogens (tertiary/aromatic N) is 4. The number of carbonyl (C=O) groups excluding carboxylic acids is 1. The van der Waals surface area contributed by atoms with Crippen molar-refractivity contribution in [3.63, 3.8) is 0 Å². The number of carbonyl (C=O) groups is 1. The van der Waals surface area contributed by atoms with E-state index < -0.39 is 0 Å². The predicted molar refractivity (Wildman–Crippen MR) is 147 cm³/mol. The van der Waals surface area contributed by atoms with Gasteiger partial charge in [0.1, 0.15) is 21.8 Å². The van der Waals surface area contributed by atoms with Crippen LogP contribution < -0.4 is 10.5 Å². The molecule has 0 spiro atoms. The van der Waals surface area contributed by atoms with Gasteiger partial charge in [0.2, 0.25) is 0 Å². The van der Waals surface area contributed by atoms with E-state index in [1.807, 2.05) is 13.0 Å². The molecule has 0 saturated carbocycles. The molecule has 1 aromatic heterocycles. The fourth-order valence-corrected chi connectivity index (χ4v) is 5.91. The molecule has 35 heavy (non-hydrogen) atoms. The van der Waals surface area contributed by atoms with E-state index in [9.17, 15) is 14.9 Å². The number of ether oxygens (including phenoxy) is 1. The summed E-state index contributed by atoms with van der Waals surface area (Å²) >= 11 is 6.92. The Morgan fingerprint density at radius 2 is 1.91 bits per heavy atom. The molecule has 3 rings (SSSR count). The number of amides is 1. The Balaban J connectivity index is 2.08. The molecule has 9 heteroatoms. The number of unbranched alkanes of at least 4 members (excludes halogenated alkanes) is 1. The molecule has 2 fully saturated rings. The van der Waals surface area contributed by atoms with Crippen molar-refractivity contribution in [2.24, 2.45) is 5.92 Å². The number of thioether (sulfide) groups is 1. The third-order valence-electron chi connectivity index (χ3n) is 6.74. The normalized spacial score (nSPS) is 18.4. The van der Waals surface area contributed by atoms with Gasteiger partial charge in [-0.1, -0.05) is 64.0 Å². The Kier molecular flexibility index (Phi) is 9.96. The largest absolute Gasteiger partial charge is 0.378 e. The topological polar surface area (TPSA) is 78.6 Å². The highest BCUT2D eigenvalue weighted by Gasteiger charge is 2.34. The van der Waals surface area contributed by atoms with Gasteiger partial charge >= 0.3 is 0 Å². The van der Waals surface area contributed by atoms with Crippen LogP contribution >= 0.6 is 24.0 Å². The maximum absolute atomic E-state index is 13.5. The zero-order valence-electron chi connectivity index (χ0n) is 21.3. The van der Waals surface area contributed by atoms with Crippen LogP contribution in [0.1, 0.15) is 69.6 Å². The number of aromatic nitrogens is 1. The quantitative estimate of drug-likeness (QED) is 0.330. The van der Waals surface area contributed by atoms with Gasteiger partial charge < -0.3 is 9.64 Å². The van der Waals surface area contributed by atoms with Crippen LogP contribution in [0.25, 0.3) is 6.08 Å². The van der Waals surface area contributed by atoms with Gasteiger partial charge in [0.25, 0.3) is 11.5 Å². The first kappa shape index (κ1) is 27.4.